The maximum atomic E-state index is 13.0. The van der Waals surface area contributed by atoms with Gasteiger partial charge < -0.3 is 10.3 Å². The van der Waals surface area contributed by atoms with Gasteiger partial charge in [-0.1, -0.05) is 11.6 Å². The van der Waals surface area contributed by atoms with Gasteiger partial charge in [0.05, 0.1) is 6.54 Å². The molecule has 0 aliphatic carbocycles. The largest absolute Gasteiger partial charge is 0.338 e. The predicted molar refractivity (Wildman–Crippen MR) is 88.6 cm³/mol. The first-order valence-corrected chi connectivity index (χ1v) is 7.71. The Hall–Kier alpha value is -1.50. The summed E-state index contributed by atoms with van der Waals surface area (Å²) in [5.41, 5.74) is 6.83. The second-order valence-corrected chi connectivity index (χ2v) is 5.91. The van der Waals surface area contributed by atoms with E-state index >= 15 is 0 Å². The molecule has 0 bridgehead atoms. The number of nitrogens with two attached hydrogens (primary N) is 1. The Kier molecular flexibility index (Phi) is 6.10. The van der Waals surface area contributed by atoms with Crippen LogP contribution in [0.5, 0.6) is 0 Å². The molecule has 23 heavy (non-hydrogen) atoms. The Morgan fingerprint density at radius 1 is 1.35 bits per heavy atom. The van der Waals surface area contributed by atoms with Gasteiger partial charge in [0.25, 0.3) is 0 Å². The van der Waals surface area contributed by atoms with Gasteiger partial charge in [-0.2, -0.15) is 4.98 Å². The lowest BCUT2D eigenvalue weighted by molar-refractivity contribution is 0.109. The summed E-state index contributed by atoms with van der Waals surface area (Å²) >= 11 is 0. The second-order valence-electron chi connectivity index (χ2n) is 5.91. The van der Waals surface area contributed by atoms with Crippen molar-refractivity contribution in [1.82, 2.24) is 15.0 Å². The summed E-state index contributed by atoms with van der Waals surface area (Å²) in [5, 5.41) is 3.99. The first kappa shape index (κ1) is 17.8. The Labute approximate surface area is 141 Å². The summed E-state index contributed by atoms with van der Waals surface area (Å²) in [4.78, 5) is 6.73. The van der Waals surface area contributed by atoms with Crippen LogP contribution in [0, 0.1) is 5.82 Å². The van der Waals surface area contributed by atoms with Crippen molar-refractivity contribution in [3.05, 3.63) is 36.0 Å². The number of nitrogens with zero attached hydrogens (tertiary/aromatic N) is 3. The molecule has 1 aromatic heterocycles. The summed E-state index contributed by atoms with van der Waals surface area (Å²) in [6, 6.07) is 6.56. The number of likely N-dealkylation sites (tertiary alicyclic amines) is 1. The van der Waals surface area contributed by atoms with Crippen molar-refractivity contribution in [3.63, 3.8) is 0 Å². The first-order valence-electron chi connectivity index (χ1n) is 7.71. The quantitative estimate of drug-likeness (QED) is 0.926. The van der Waals surface area contributed by atoms with Crippen LogP contribution in [0.1, 0.15) is 32.1 Å². The SMILES string of the molecule is CC(N)C1CCCCN1Cc1nc(-c2ccc(F)cc2)no1.Cl. The Morgan fingerprint density at radius 3 is 2.78 bits per heavy atom. The molecule has 3 rings (SSSR count). The van der Waals surface area contributed by atoms with Crippen LogP contribution < -0.4 is 5.73 Å². The number of hydrogen-bond donors (Lipinski definition) is 1. The van der Waals surface area contributed by atoms with Gasteiger partial charge in [-0.25, -0.2) is 4.39 Å². The van der Waals surface area contributed by atoms with Crippen LogP contribution in [0.25, 0.3) is 11.4 Å². The Balaban J connectivity index is 0.00000192. The van der Waals surface area contributed by atoms with E-state index in [0.29, 0.717) is 24.3 Å². The van der Waals surface area contributed by atoms with Crippen LogP contribution in [0.4, 0.5) is 4.39 Å². The maximum absolute atomic E-state index is 13.0. The topological polar surface area (TPSA) is 68.2 Å². The molecule has 0 spiro atoms. The third-order valence-electron chi connectivity index (χ3n) is 4.18. The predicted octanol–water partition coefficient (Wildman–Crippen LogP) is 3.00. The number of halogens is 2. The Morgan fingerprint density at radius 2 is 2.09 bits per heavy atom. The molecule has 2 unspecified atom stereocenters. The van der Waals surface area contributed by atoms with E-state index in [1.54, 1.807) is 12.1 Å². The molecule has 0 radical (unpaired) electrons. The normalized spacial score (nSPS) is 20.0. The fourth-order valence-electron chi connectivity index (χ4n) is 3.02. The van der Waals surface area contributed by atoms with Crippen molar-refractivity contribution in [2.24, 2.45) is 5.73 Å². The van der Waals surface area contributed by atoms with Crippen LogP contribution in [-0.4, -0.2) is 33.7 Å². The molecule has 5 nitrogen and oxygen atoms in total. The summed E-state index contributed by atoms with van der Waals surface area (Å²) in [5.74, 6) is 0.789. The minimum Gasteiger partial charge on any atom is -0.338 e. The fourth-order valence-corrected chi connectivity index (χ4v) is 3.02. The average molecular weight is 341 g/mol. The molecule has 1 aliphatic heterocycles. The summed E-state index contributed by atoms with van der Waals surface area (Å²) in [6.45, 7) is 3.65. The van der Waals surface area contributed by atoms with Crippen molar-refractivity contribution < 1.29 is 8.91 Å². The van der Waals surface area contributed by atoms with Gasteiger partial charge in [-0.3, -0.25) is 4.90 Å². The molecule has 1 fully saturated rings. The summed E-state index contributed by atoms with van der Waals surface area (Å²) < 4.78 is 18.3. The lowest BCUT2D eigenvalue weighted by atomic mass is 9.97. The molecule has 126 valence electrons. The van der Waals surface area contributed by atoms with Crippen molar-refractivity contribution in [3.8, 4) is 11.4 Å². The van der Waals surface area contributed by atoms with E-state index in [1.165, 1.54) is 25.0 Å². The van der Waals surface area contributed by atoms with Gasteiger partial charge in [-0.05, 0) is 50.6 Å². The maximum Gasteiger partial charge on any atom is 0.241 e. The number of piperidine rings is 1. The molecular weight excluding hydrogens is 319 g/mol. The van der Waals surface area contributed by atoms with Crippen LogP contribution in [-0.2, 0) is 6.54 Å². The highest BCUT2D eigenvalue weighted by Crippen LogP contribution is 2.22. The van der Waals surface area contributed by atoms with E-state index in [4.69, 9.17) is 10.3 Å². The molecule has 7 heteroatoms. The molecule has 2 aromatic rings. The van der Waals surface area contributed by atoms with Gasteiger partial charge in [0.2, 0.25) is 11.7 Å². The van der Waals surface area contributed by atoms with Gasteiger partial charge in [0, 0.05) is 17.6 Å². The Bertz CT molecular complexity index is 617. The zero-order valence-electron chi connectivity index (χ0n) is 13.1. The van der Waals surface area contributed by atoms with Gasteiger partial charge in [0.1, 0.15) is 5.82 Å². The van der Waals surface area contributed by atoms with Crippen LogP contribution in [0.15, 0.2) is 28.8 Å². The summed E-state index contributed by atoms with van der Waals surface area (Å²) in [6.07, 6.45) is 3.49. The minimum absolute atomic E-state index is 0. The smallest absolute Gasteiger partial charge is 0.241 e. The summed E-state index contributed by atoms with van der Waals surface area (Å²) in [7, 11) is 0. The van der Waals surface area contributed by atoms with E-state index in [1.807, 2.05) is 6.92 Å². The number of aromatic nitrogens is 2. The number of hydrogen-bond acceptors (Lipinski definition) is 5. The standard InChI is InChI=1S/C16H21FN4O.ClH/c1-11(18)14-4-2-3-9-21(14)10-15-19-16(20-22-15)12-5-7-13(17)8-6-12;/h5-8,11,14H,2-4,9-10,18H2,1H3;1H. The molecule has 2 atom stereocenters. The molecular formula is C16H22ClFN4O. The highest BCUT2D eigenvalue weighted by molar-refractivity contribution is 5.85. The third-order valence-corrected chi connectivity index (χ3v) is 4.18. The molecule has 0 amide bonds. The second kappa shape index (κ2) is 7.86. The molecule has 2 heterocycles. The van der Waals surface area contributed by atoms with Crippen LogP contribution in [0.2, 0.25) is 0 Å². The minimum atomic E-state index is -0.277. The monoisotopic (exact) mass is 340 g/mol. The van der Waals surface area contributed by atoms with E-state index in [9.17, 15) is 4.39 Å². The van der Waals surface area contributed by atoms with Gasteiger partial charge >= 0.3 is 0 Å². The van der Waals surface area contributed by atoms with E-state index in [2.05, 4.69) is 15.0 Å². The first-order chi connectivity index (χ1) is 10.6. The zero-order chi connectivity index (χ0) is 15.5. The zero-order valence-corrected chi connectivity index (χ0v) is 13.9. The molecule has 1 saturated heterocycles. The van der Waals surface area contributed by atoms with Crippen LogP contribution in [0.3, 0.4) is 0 Å². The van der Waals surface area contributed by atoms with Crippen molar-refractivity contribution >= 4 is 12.4 Å². The van der Waals surface area contributed by atoms with Crippen molar-refractivity contribution in [2.45, 2.75) is 44.8 Å². The molecule has 1 aromatic carbocycles. The lowest BCUT2D eigenvalue weighted by Gasteiger charge is -2.37. The lowest BCUT2D eigenvalue weighted by Crippen LogP contribution is -2.48. The van der Waals surface area contributed by atoms with Crippen molar-refractivity contribution in [2.75, 3.05) is 6.54 Å². The fraction of sp³-hybridized carbons (Fsp3) is 0.500. The molecule has 1 aliphatic rings. The van der Waals surface area contributed by atoms with E-state index in [0.717, 1.165) is 18.5 Å². The number of benzene rings is 1. The highest BCUT2D eigenvalue weighted by Gasteiger charge is 2.26. The average Bonchev–Trinajstić information content (AvgIpc) is 2.97. The van der Waals surface area contributed by atoms with Crippen molar-refractivity contribution in [1.29, 1.82) is 0 Å². The molecule has 2 N–H and O–H groups in total. The van der Waals surface area contributed by atoms with Crippen LogP contribution >= 0.6 is 12.4 Å². The van der Waals surface area contributed by atoms with E-state index in [-0.39, 0.29) is 24.3 Å². The van der Waals surface area contributed by atoms with Gasteiger partial charge in [-0.15, -0.1) is 12.4 Å². The van der Waals surface area contributed by atoms with E-state index < -0.39 is 0 Å². The van der Waals surface area contributed by atoms with Gasteiger partial charge in [0.15, 0.2) is 0 Å². The number of rotatable bonds is 4. The highest BCUT2D eigenvalue weighted by atomic mass is 35.5. The third kappa shape index (κ3) is 4.28. The molecule has 0 saturated carbocycles.